The summed E-state index contributed by atoms with van der Waals surface area (Å²) in [5.74, 6) is 1.82. The van der Waals surface area contributed by atoms with Crippen LogP contribution in [0.4, 0.5) is 5.69 Å². The number of nitrogens with zero attached hydrogens (tertiary/aromatic N) is 1. The smallest absolute Gasteiger partial charge is 0.120 e. The van der Waals surface area contributed by atoms with E-state index in [9.17, 15) is 0 Å². The molecule has 0 aliphatic carbocycles. The van der Waals surface area contributed by atoms with Crippen LogP contribution in [0.5, 0.6) is 5.75 Å². The van der Waals surface area contributed by atoms with Gasteiger partial charge < -0.3 is 15.0 Å². The van der Waals surface area contributed by atoms with Gasteiger partial charge in [0.05, 0.1) is 7.11 Å². The molecule has 3 heteroatoms. The zero-order chi connectivity index (χ0) is 12.8. The Balaban J connectivity index is 1.84. The summed E-state index contributed by atoms with van der Waals surface area (Å²) in [6.45, 7) is 3.50. The maximum atomic E-state index is 5.26. The second kappa shape index (κ2) is 6.64. The highest BCUT2D eigenvalue weighted by molar-refractivity contribution is 5.49. The topological polar surface area (TPSA) is 24.5 Å². The normalized spacial score (nSPS) is 16.6. The molecule has 0 radical (unpaired) electrons. The average molecular weight is 248 g/mol. The minimum absolute atomic E-state index is 0.888. The number of hydrogen-bond donors (Lipinski definition) is 1. The van der Waals surface area contributed by atoms with Crippen molar-refractivity contribution in [2.75, 3.05) is 38.7 Å². The first kappa shape index (κ1) is 13.2. The van der Waals surface area contributed by atoms with Gasteiger partial charge in [-0.25, -0.2) is 0 Å². The molecule has 1 aliphatic heterocycles. The lowest BCUT2D eigenvalue weighted by molar-refractivity contribution is 0.356. The third kappa shape index (κ3) is 3.64. The predicted molar refractivity (Wildman–Crippen MR) is 76.5 cm³/mol. The number of benzene rings is 1. The van der Waals surface area contributed by atoms with E-state index in [-0.39, 0.29) is 0 Å². The molecule has 0 aromatic heterocycles. The van der Waals surface area contributed by atoms with Crippen LogP contribution < -0.4 is 15.0 Å². The Labute approximate surface area is 110 Å². The van der Waals surface area contributed by atoms with Crippen LogP contribution in [-0.4, -0.2) is 33.8 Å². The number of piperidine rings is 1. The summed E-state index contributed by atoms with van der Waals surface area (Å²) in [5, 5.41) is 3.42. The molecule has 1 saturated heterocycles. The van der Waals surface area contributed by atoms with Crippen LogP contribution in [0.15, 0.2) is 24.3 Å². The van der Waals surface area contributed by atoms with Gasteiger partial charge in [0.1, 0.15) is 5.75 Å². The molecule has 100 valence electrons. The molecule has 1 heterocycles. The minimum atomic E-state index is 0.888. The molecule has 1 aromatic carbocycles. The lowest BCUT2D eigenvalue weighted by Gasteiger charge is -2.26. The summed E-state index contributed by atoms with van der Waals surface area (Å²) in [6, 6.07) is 8.28. The molecule has 0 unspecified atom stereocenters. The van der Waals surface area contributed by atoms with Crippen LogP contribution in [0.2, 0.25) is 0 Å². The Morgan fingerprint density at radius 3 is 2.83 bits per heavy atom. The molecule has 18 heavy (non-hydrogen) atoms. The molecule has 3 nitrogen and oxygen atoms in total. The van der Waals surface area contributed by atoms with Gasteiger partial charge in [-0.1, -0.05) is 6.07 Å². The van der Waals surface area contributed by atoms with Gasteiger partial charge >= 0.3 is 0 Å². The van der Waals surface area contributed by atoms with Crippen LogP contribution >= 0.6 is 0 Å². The highest BCUT2D eigenvalue weighted by Gasteiger charge is 2.13. The molecular formula is C15H24N2O. The summed E-state index contributed by atoms with van der Waals surface area (Å²) >= 11 is 0. The SMILES string of the molecule is COc1cccc(N(C)CCC2CCNCC2)c1. The monoisotopic (exact) mass is 248 g/mol. The van der Waals surface area contributed by atoms with Crippen molar-refractivity contribution in [2.45, 2.75) is 19.3 Å². The lowest BCUT2D eigenvalue weighted by Crippen LogP contribution is -2.30. The van der Waals surface area contributed by atoms with E-state index in [1.54, 1.807) is 7.11 Å². The Morgan fingerprint density at radius 1 is 1.33 bits per heavy atom. The van der Waals surface area contributed by atoms with E-state index < -0.39 is 0 Å². The summed E-state index contributed by atoms with van der Waals surface area (Å²) in [7, 11) is 3.88. The summed E-state index contributed by atoms with van der Waals surface area (Å²) in [6.07, 6.45) is 3.94. The third-order valence-electron chi connectivity index (χ3n) is 3.83. The molecule has 1 N–H and O–H groups in total. The van der Waals surface area contributed by atoms with Gasteiger partial charge in [-0.3, -0.25) is 0 Å². The van der Waals surface area contributed by atoms with Gasteiger partial charge in [-0.15, -0.1) is 0 Å². The first-order chi connectivity index (χ1) is 8.79. The van der Waals surface area contributed by atoms with Gasteiger partial charge in [0.15, 0.2) is 0 Å². The second-order valence-electron chi connectivity index (χ2n) is 5.11. The Bertz CT molecular complexity index is 361. The predicted octanol–water partition coefficient (Wildman–Crippen LogP) is 2.52. The van der Waals surface area contributed by atoms with E-state index in [2.05, 4.69) is 35.5 Å². The van der Waals surface area contributed by atoms with E-state index in [0.29, 0.717) is 0 Å². The standard InChI is InChI=1S/C15H24N2O/c1-17(11-8-13-6-9-16-10-7-13)14-4-3-5-15(12-14)18-2/h3-5,12-13,16H,6-11H2,1-2H3. The molecule has 0 atom stereocenters. The Morgan fingerprint density at radius 2 is 2.11 bits per heavy atom. The van der Waals surface area contributed by atoms with Gasteiger partial charge in [0.25, 0.3) is 0 Å². The number of rotatable bonds is 5. The van der Waals surface area contributed by atoms with Gasteiger partial charge in [0.2, 0.25) is 0 Å². The number of methoxy groups -OCH3 is 1. The van der Waals surface area contributed by atoms with E-state index in [0.717, 1.165) is 18.2 Å². The van der Waals surface area contributed by atoms with Crippen molar-refractivity contribution in [2.24, 2.45) is 5.92 Å². The summed E-state index contributed by atoms with van der Waals surface area (Å²) in [5.41, 5.74) is 1.24. The van der Waals surface area contributed by atoms with Crippen LogP contribution in [0.1, 0.15) is 19.3 Å². The number of nitrogens with one attached hydrogen (secondary N) is 1. The van der Waals surface area contributed by atoms with E-state index in [4.69, 9.17) is 4.74 Å². The zero-order valence-corrected chi connectivity index (χ0v) is 11.5. The van der Waals surface area contributed by atoms with Crippen molar-refractivity contribution >= 4 is 5.69 Å². The summed E-state index contributed by atoms with van der Waals surface area (Å²) < 4.78 is 5.26. The average Bonchev–Trinajstić information content (AvgIpc) is 2.46. The van der Waals surface area contributed by atoms with Crippen molar-refractivity contribution in [3.05, 3.63) is 24.3 Å². The number of ether oxygens (including phenoxy) is 1. The zero-order valence-electron chi connectivity index (χ0n) is 11.5. The maximum Gasteiger partial charge on any atom is 0.120 e. The van der Waals surface area contributed by atoms with Crippen molar-refractivity contribution < 1.29 is 4.74 Å². The molecule has 0 bridgehead atoms. The van der Waals surface area contributed by atoms with Gasteiger partial charge in [-0.2, -0.15) is 0 Å². The van der Waals surface area contributed by atoms with Crippen molar-refractivity contribution in [3.8, 4) is 5.75 Å². The van der Waals surface area contributed by atoms with Crippen LogP contribution in [0.25, 0.3) is 0 Å². The fraction of sp³-hybridized carbons (Fsp3) is 0.600. The maximum absolute atomic E-state index is 5.26. The molecular weight excluding hydrogens is 224 g/mol. The first-order valence-corrected chi connectivity index (χ1v) is 6.85. The molecule has 1 aliphatic rings. The molecule has 0 amide bonds. The lowest BCUT2D eigenvalue weighted by atomic mass is 9.94. The molecule has 1 fully saturated rings. The number of hydrogen-bond acceptors (Lipinski definition) is 3. The minimum Gasteiger partial charge on any atom is -0.497 e. The highest BCUT2D eigenvalue weighted by atomic mass is 16.5. The molecule has 0 saturated carbocycles. The largest absolute Gasteiger partial charge is 0.497 e. The highest BCUT2D eigenvalue weighted by Crippen LogP contribution is 2.22. The van der Waals surface area contributed by atoms with Crippen molar-refractivity contribution in [3.63, 3.8) is 0 Å². The fourth-order valence-corrected chi connectivity index (χ4v) is 2.52. The summed E-state index contributed by atoms with van der Waals surface area (Å²) in [4.78, 5) is 2.32. The first-order valence-electron chi connectivity index (χ1n) is 6.85. The quantitative estimate of drug-likeness (QED) is 0.866. The van der Waals surface area contributed by atoms with E-state index in [1.165, 1.54) is 38.0 Å². The number of anilines is 1. The van der Waals surface area contributed by atoms with E-state index in [1.807, 2.05) is 6.07 Å². The van der Waals surface area contributed by atoms with Crippen molar-refractivity contribution in [1.29, 1.82) is 0 Å². The van der Waals surface area contributed by atoms with Gasteiger partial charge in [-0.05, 0) is 50.4 Å². The van der Waals surface area contributed by atoms with Crippen LogP contribution in [0.3, 0.4) is 0 Å². The Kier molecular flexibility index (Phi) is 4.88. The van der Waals surface area contributed by atoms with Crippen molar-refractivity contribution in [1.82, 2.24) is 5.32 Å². The third-order valence-corrected chi connectivity index (χ3v) is 3.83. The molecule has 2 rings (SSSR count). The van der Waals surface area contributed by atoms with Crippen LogP contribution in [0, 0.1) is 5.92 Å². The van der Waals surface area contributed by atoms with Crippen LogP contribution in [-0.2, 0) is 0 Å². The second-order valence-corrected chi connectivity index (χ2v) is 5.11. The fourth-order valence-electron chi connectivity index (χ4n) is 2.52. The molecule has 1 aromatic rings. The van der Waals surface area contributed by atoms with E-state index >= 15 is 0 Å². The molecule has 0 spiro atoms. The van der Waals surface area contributed by atoms with Gasteiger partial charge in [0, 0.05) is 25.3 Å². The Hall–Kier alpha value is -1.22.